The zero-order valence-corrected chi connectivity index (χ0v) is 15.1. The Kier molecular flexibility index (Phi) is 4.29. The molecule has 0 saturated carbocycles. The van der Waals surface area contributed by atoms with Crippen molar-refractivity contribution in [2.45, 2.75) is 6.54 Å². The van der Waals surface area contributed by atoms with Gasteiger partial charge in [0.15, 0.2) is 11.5 Å². The minimum Gasteiger partial charge on any atom is -0.280 e. The maximum atomic E-state index is 12.8. The molecule has 0 aliphatic rings. The predicted molar refractivity (Wildman–Crippen MR) is 103 cm³/mol. The summed E-state index contributed by atoms with van der Waals surface area (Å²) >= 11 is 5.91. The Hall–Kier alpha value is -3.32. The fourth-order valence-corrected chi connectivity index (χ4v) is 2.96. The zero-order valence-electron chi connectivity index (χ0n) is 14.3. The fraction of sp³-hybridized carbons (Fsp3) is 0.105. The quantitative estimate of drug-likeness (QED) is 0.545. The van der Waals surface area contributed by atoms with Crippen molar-refractivity contribution in [2.75, 3.05) is 0 Å². The molecular formula is C19H14ClN5O2. The van der Waals surface area contributed by atoms with Crippen molar-refractivity contribution < 1.29 is 0 Å². The van der Waals surface area contributed by atoms with E-state index in [1.54, 1.807) is 55.8 Å². The molecule has 0 saturated heterocycles. The van der Waals surface area contributed by atoms with E-state index >= 15 is 0 Å². The molecule has 0 amide bonds. The summed E-state index contributed by atoms with van der Waals surface area (Å²) in [5.41, 5.74) is 0.977. The largest absolute Gasteiger partial charge is 0.332 e. The van der Waals surface area contributed by atoms with Crippen molar-refractivity contribution in [1.82, 2.24) is 24.1 Å². The molecule has 3 heterocycles. The SMILES string of the molecule is Cn1c(=O)n(Cc2ccncc2)c(=O)c2cnc(-c3ccc(Cl)cc3)nc21. The molecule has 7 nitrogen and oxygen atoms in total. The molecule has 4 rings (SSSR count). The zero-order chi connectivity index (χ0) is 19.0. The van der Waals surface area contributed by atoms with E-state index in [0.29, 0.717) is 10.8 Å². The summed E-state index contributed by atoms with van der Waals surface area (Å²) in [6.45, 7) is 0.156. The molecule has 0 atom stereocenters. The van der Waals surface area contributed by atoms with Gasteiger partial charge in [0.1, 0.15) is 5.39 Å². The molecule has 0 fully saturated rings. The summed E-state index contributed by atoms with van der Waals surface area (Å²) in [4.78, 5) is 38.2. The molecular weight excluding hydrogens is 366 g/mol. The second-order valence-corrected chi connectivity index (χ2v) is 6.46. The van der Waals surface area contributed by atoms with Crippen LogP contribution in [0.5, 0.6) is 0 Å². The Morgan fingerprint density at radius 2 is 1.74 bits per heavy atom. The number of benzene rings is 1. The van der Waals surface area contributed by atoms with Gasteiger partial charge in [-0.05, 0) is 42.0 Å². The lowest BCUT2D eigenvalue weighted by Gasteiger charge is -2.11. The van der Waals surface area contributed by atoms with E-state index in [1.165, 1.54) is 15.3 Å². The standard InChI is InChI=1S/C19H14ClN5O2/c1-24-17-15(10-22-16(23-17)13-2-4-14(20)5-3-13)18(26)25(19(24)27)11-12-6-8-21-9-7-12/h2-10H,11H2,1H3. The molecule has 1 aromatic carbocycles. The molecule has 8 heteroatoms. The monoisotopic (exact) mass is 379 g/mol. The lowest BCUT2D eigenvalue weighted by atomic mass is 10.2. The van der Waals surface area contributed by atoms with Crippen LogP contribution >= 0.6 is 11.6 Å². The van der Waals surface area contributed by atoms with Crippen LogP contribution in [0.3, 0.4) is 0 Å². The Balaban J connectivity index is 1.88. The van der Waals surface area contributed by atoms with E-state index in [9.17, 15) is 9.59 Å². The van der Waals surface area contributed by atoms with Crippen LogP contribution in [0.4, 0.5) is 0 Å². The van der Waals surface area contributed by atoms with Gasteiger partial charge in [0, 0.05) is 36.2 Å². The van der Waals surface area contributed by atoms with Gasteiger partial charge in [0.25, 0.3) is 5.56 Å². The third kappa shape index (κ3) is 3.13. The van der Waals surface area contributed by atoms with Gasteiger partial charge in [-0.15, -0.1) is 0 Å². The Labute approximate surface area is 158 Å². The van der Waals surface area contributed by atoms with Gasteiger partial charge in [0.05, 0.1) is 6.54 Å². The molecule has 0 aliphatic carbocycles. The molecule has 0 aliphatic heterocycles. The first-order valence-corrected chi connectivity index (χ1v) is 8.54. The molecule has 27 heavy (non-hydrogen) atoms. The summed E-state index contributed by atoms with van der Waals surface area (Å²) in [5, 5.41) is 0.884. The van der Waals surface area contributed by atoms with Gasteiger partial charge >= 0.3 is 5.69 Å². The van der Waals surface area contributed by atoms with Gasteiger partial charge in [0.2, 0.25) is 0 Å². The van der Waals surface area contributed by atoms with Gasteiger partial charge in [-0.2, -0.15) is 0 Å². The number of rotatable bonds is 3. The summed E-state index contributed by atoms with van der Waals surface area (Å²) in [5.74, 6) is 0.417. The lowest BCUT2D eigenvalue weighted by Crippen LogP contribution is -2.39. The average molecular weight is 380 g/mol. The number of hydrogen-bond acceptors (Lipinski definition) is 5. The van der Waals surface area contributed by atoms with Gasteiger partial charge in [-0.3, -0.25) is 18.9 Å². The van der Waals surface area contributed by atoms with Crippen LogP contribution in [0, 0.1) is 0 Å². The first kappa shape index (κ1) is 17.1. The molecule has 0 bridgehead atoms. The number of fused-ring (bicyclic) bond motifs is 1. The number of aromatic nitrogens is 5. The fourth-order valence-electron chi connectivity index (χ4n) is 2.83. The minimum atomic E-state index is -0.440. The molecule has 0 radical (unpaired) electrons. The molecule has 134 valence electrons. The van der Waals surface area contributed by atoms with Crippen molar-refractivity contribution in [1.29, 1.82) is 0 Å². The molecule has 3 aromatic heterocycles. The second kappa shape index (κ2) is 6.77. The van der Waals surface area contributed by atoms with E-state index < -0.39 is 11.2 Å². The Morgan fingerprint density at radius 1 is 1.04 bits per heavy atom. The van der Waals surface area contributed by atoms with Crippen LogP contribution in [-0.4, -0.2) is 24.1 Å². The highest BCUT2D eigenvalue weighted by atomic mass is 35.5. The van der Waals surface area contributed by atoms with Crippen molar-refractivity contribution in [2.24, 2.45) is 7.05 Å². The molecule has 0 unspecified atom stereocenters. The highest BCUT2D eigenvalue weighted by molar-refractivity contribution is 6.30. The molecule has 4 aromatic rings. The number of aryl methyl sites for hydroxylation is 1. The van der Waals surface area contributed by atoms with Gasteiger partial charge in [-0.25, -0.2) is 14.8 Å². The van der Waals surface area contributed by atoms with Crippen molar-refractivity contribution >= 4 is 22.6 Å². The summed E-state index contributed by atoms with van der Waals surface area (Å²) in [6.07, 6.45) is 4.69. The van der Waals surface area contributed by atoms with Gasteiger partial charge < -0.3 is 0 Å². The minimum absolute atomic E-state index is 0.156. The smallest absolute Gasteiger partial charge is 0.280 e. The normalized spacial score (nSPS) is 11.0. The Morgan fingerprint density at radius 3 is 2.44 bits per heavy atom. The van der Waals surface area contributed by atoms with Crippen molar-refractivity contribution in [3.63, 3.8) is 0 Å². The third-order valence-electron chi connectivity index (χ3n) is 4.27. The van der Waals surface area contributed by atoms with E-state index in [-0.39, 0.29) is 17.6 Å². The van der Waals surface area contributed by atoms with Crippen LogP contribution in [0.2, 0.25) is 5.02 Å². The van der Waals surface area contributed by atoms with E-state index in [0.717, 1.165) is 11.1 Å². The number of halogens is 1. The number of hydrogen-bond donors (Lipinski definition) is 0. The van der Waals surface area contributed by atoms with Crippen LogP contribution in [-0.2, 0) is 13.6 Å². The lowest BCUT2D eigenvalue weighted by molar-refractivity contribution is 0.656. The first-order chi connectivity index (χ1) is 13.0. The average Bonchev–Trinajstić information content (AvgIpc) is 2.70. The maximum absolute atomic E-state index is 12.8. The van der Waals surface area contributed by atoms with E-state index in [2.05, 4.69) is 15.0 Å². The second-order valence-electron chi connectivity index (χ2n) is 6.03. The summed E-state index contributed by atoms with van der Waals surface area (Å²) in [7, 11) is 1.59. The number of nitrogens with zero attached hydrogens (tertiary/aromatic N) is 5. The summed E-state index contributed by atoms with van der Waals surface area (Å²) in [6, 6.07) is 10.6. The highest BCUT2D eigenvalue weighted by Crippen LogP contribution is 2.19. The van der Waals surface area contributed by atoms with Crippen molar-refractivity contribution in [3.05, 3.63) is 86.4 Å². The predicted octanol–water partition coefficient (Wildman–Crippen LogP) is 2.25. The summed E-state index contributed by atoms with van der Waals surface area (Å²) < 4.78 is 2.53. The van der Waals surface area contributed by atoms with E-state index in [4.69, 9.17) is 11.6 Å². The van der Waals surface area contributed by atoms with Gasteiger partial charge in [-0.1, -0.05) is 11.6 Å². The molecule has 0 N–H and O–H groups in total. The van der Waals surface area contributed by atoms with Crippen molar-refractivity contribution in [3.8, 4) is 11.4 Å². The van der Waals surface area contributed by atoms with Crippen LogP contribution in [0.25, 0.3) is 22.4 Å². The Bertz CT molecular complexity index is 1250. The number of pyridine rings is 1. The maximum Gasteiger partial charge on any atom is 0.332 e. The van der Waals surface area contributed by atoms with E-state index in [1.807, 2.05) is 0 Å². The first-order valence-electron chi connectivity index (χ1n) is 8.16. The highest BCUT2D eigenvalue weighted by Gasteiger charge is 2.14. The van der Waals surface area contributed by atoms with Crippen LogP contribution < -0.4 is 11.2 Å². The third-order valence-corrected chi connectivity index (χ3v) is 4.52. The topological polar surface area (TPSA) is 82.7 Å². The van der Waals surface area contributed by atoms with Crippen LogP contribution in [0.15, 0.2) is 64.6 Å². The molecule has 0 spiro atoms. The van der Waals surface area contributed by atoms with Crippen LogP contribution in [0.1, 0.15) is 5.56 Å².